The molecule has 0 amide bonds. The van der Waals surface area contributed by atoms with Gasteiger partial charge in [-0.3, -0.25) is 4.99 Å². The fraction of sp³-hybridized carbons (Fsp3) is 0.667. The lowest BCUT2D eigenvalue weighted by atomic mass is 10.1. The van der Waals surface area contributed by atoms with Crippen LogP contribution >= 0.6 is 11.8 Å². The van der Waals surface area contributed by atoms with Crippen molar-refractivity contribution >= 4 is 17.7 Å². The van der Waals surface area contributed by atoms with E-state index in [4.69, 9.17) is 4.99 Å². The number of piperidine rings is 1. The number of nitrogens with zero attached hydrogens (tertiary/aromatic N) is 2. The molecule has 1 aromatic carbocycles. The summed E-state index contributed by atoms with van der Waals surface area (Å²) in [5.41, 5.74) is 0. The van der Waals surface area contributed by atoms with Crippen molar-refractivity contribution in [2.45, 2.75) is 61.6 Å². The summed E-state index contributed by atoms with van der Waals surface area (Å²) in [4.78, 5) is 8.90. The van der Waals surface area contributed by atoms with Gasteiger partial charge in [-0.15, -0.1) is 11.8 Å². The van der Waals surface area contributed by atoms with Gasteiger partial charge in [-0.25, -0.2) is 0 Å². The van der Waals surface area contributed by atoms with Gasteiger partial charge < -0.3 is 15.5 Å². The van der Waals surface area contributed by atoms with E-state index in [0.717, 1.165) is 19.0 Å². The molecule has 1 saturated heterocycles. The predicted molar refractivity (Wildman–Crippen MR) is 113 cm³/mol. The molecule has 1 heterocycles. The first-order chi connectivity index (χ1) is 12.7. The maximum atomic E-state index is 4.95. The number of thioether (sulfide) groups is 1. The molecule has 0 atom stereocenters. The van der Waals surface area contributed by atoms with E-state index in [0.29, 0.717) is 10.8 Å². The highest BCUT2D eigenvalue weighted by Crippen LogP contribution is 2.51. The highest BCUT2D eigenvalue weighted by atomic mass is 32.2. The number of rotatable bonds is 8. The van der Waals surface area contributed by atoms with Crippen LogP contribution in [0.4, 0.5) is 0 Å². The first-order valence-corrected chi connectivity index (χ1v) is 11.1. The fourth-order valence-electron chi connectivity index (χ4n) is 3.52. The monoisotopic (exact) mass is 374 g/mol. The van der Waals surface area contributed by atoms with Gasteiger partial charge in [0.05, 0.1) is 6.54 Å². The number of hydrogen-bond acceptors (Lipinski definition) is 3. The average molecular weight is 375 g/mol. The van der Waals surface area contributed by atoms with Crippen LogP contribution in [-0.4, -0.2) is 54.4 Å². The molecule has 3 rings (SSSR count). The summed E-state index contributed by atoms with van der Waals surface area (Å²) < 4.78 is 0.314. The molecule has 26 heavy (non-hydrogen) atoms. The van der Waals surface area contributed by atoms with E-state index in [9.17, 15) is 0 Å². The molecule has 2 fully saturated rings. The van der Waals surface area contributed by atoms with E-state index < -0.39 is 0 Å². The molecule has 5 heteroatoms. The summed E-state index contributed by atoms with van der Waals surface area (Å²) >= 11 is 2.00. The molecule has 1 aliphatic heterocycles. The molecular formula is C21H34N4S. The molecule has 1 saturated carbocycles. The topological polar surface area (TPSA) is 39.7 Å². The molecule has 1 aromatic rings. The van der Waals surface area contributed by atoms with E-state index in [-0.39, 0.29) is 0 Å². The van der Waals surface area contributed by atoms with Crippen molar-refractivity contribution in [1.29, 1.82) is 0 Å². The van der Waals surface area contributed by atoms with Crippen molar-refractivity contribution < 1.29 is 0 Å². The van der Waals surface area contributed by atoms with E-state index >= 15 is 0 Å². The molecule has 2 aliphatic rings. The Morgan fingerprint density at radius 2 is 1.92 bits per heavy atom. The molecule has 0 aromatic heterocycles. The zero-order chi connectivity index (χ0) is 18.2. The third kappa shape index (κ3) is 5.92. The van der Waals surface area contributed by atoms with Crippen molar-refractivity contribution in [2.24, 2.45) is 4.99 Å². The average Bonchev–Trinajstić information content (AvgIpc) is 3.42. The smallest absolute Gasteiger partial charge is 0.191 e. The van der Waals surface area contributed by atoms with Crippen LogP contribution in [0.3, 0.4) is 0 Å². The summed E-state index contributed by atoms with van der Waals surface area (Å²) in [6, 6.07) is 11.3. The molecule has 4 nitrogen and oxygen atoms in total. The summed E-state index contributed by atoms with van der Waals surface area (Å²) in [6.07, 6.45) is 6.22. The Kier molecular flexibility index (Phi) is 7.26. The molecule has 0 unspecified atom stereocenters. The second-order valence-corrected chi connectivity index (χ2v) is 9.10. The molecule has 0 bridgehead atoms. The minimum atomic E-state index is 0.314. The second-order valence-electron chi connectivity index (χ2n) is 7.55. The summed E-state index contributed by atoms with van der Waals surface area (Å²) in [7, 11) is 0. The number of benzene rings is 1. The Bertz CT molecular complexity index is 563. The maximum absolute atomic E-state index is 4.95. The second kappa shape index (κ2) is 9.65. The number of aliphatic imine (C=N–C) groups is 1. The maximum Gasteiger partial charge on any atom is 0.191 e. The Morgan fingerprint density at radius 1 is 1.19 bits per heavy atom. The highest BCUT2D eigenvalue weighted by Gasteiger charge is 2.43. The van der Waals surface area contributed by atoms with Crippen molar-refractivity contribution in [3.63, 3.8) is 0 Å². The minimum absolute atomic E-state index is 0.314. The van der Waals surface area contributed by atoms with Gasteiger partial charge in [0, 0.05) is 35.3 Å². The van der Waals surface area contributed by atoms with Gasteiger partial charge in [-0.05, 0) is 57.7 Å². The van der Waals surface area contributed by atoms with Gasteiger partial charge in [0.15, 0.2) is 5.96 Å². The van der Waals surface area contributed by atoms with Crippen LogP contribution in [0.15, 0.2) is 40.2 Å². The normalized spacial score (nSPS) is 20.8. The zero-order valence-corrected chi connectivity index (χ0v) is 17.2. The van der Waals surface area contributed by atoms with Crippen LogP contribution in [0.2, 0.25) is 0 Å². The number of nitrogens with one attached hydrogen (secondary N) is 2. The van der Waals surface area contributed by atoms with Crippen molar-refractivity contribution in [3.05, 3.63) is 30.3 Å². The van der Waals surface area contributed by atoms with Crippen LogP contribution in [0.1, 0.15) is 46.0 Å². The van der Waals surface area contributed by atoms with Gasteiger partial charge >= 0.3 is 0 Å². The predicted octanol–water partition coefficient (Wildman–Crippen LogP) is 3.74. The van der Waals surface area contributed by atoms with Crippen molar-refractivity contribution in [1.82, 2.24) is 15.5 Å². The first kappa shape index (κ1) is 19.6. The van der Waals surface area contributed by atoms with E-state index in [1.807, 2.05) is 11.8 Å². The first-order valence-electron chi connectivity index (χ1n) is 10.2. The van der Waals surface area contributed by atoms with Crippen LogP contribution in [-0.2, 0) is 0 Å². The molecule has 0 radical (unpaired) electrons. The van der Waals surface area contributed by atoms with Crippen LogP contribution in [0, 0.1) is 0 Å². The zero-order valence-electron chi connectivity index (χ0n) is 16.3. The Hall–Kier alpha value is -1.20. The third-order valence-electron chi connectivity index (χ3n) is 5.22. The lowest BCUT2D eigenvalue weighted by Gasteiger charge is -2.33. The van der Waals surface area contributed by atoms with E-state index in [2.05, 4.69) is 59.7 Å². The van der Waals surface area contributed by atoms with Gasteiger partial charge in [-0.1, -0.05) is 25.1 Å². The highest BCUT2D eigenvalue weighted by molar-refractivity contribution is 8.01. The summed E-state index contributed by atoms with van der Waals surface area (Å²) in [6.45, 7) is 9.88. The molecule has 2 N–H and O–H groups in total. The summed E-state index contributed by atoms with van der Waals surface area (Å²) in [5, 5.41) is 7.13. The number of likely N-dealkylation sites (tertiary alicyclic amines) is 1. The Labute approximate surface area is 163 Å². The van der Waals surface area contributed by atoms with E-state index in [1.54, 1.807) is 0 Å². The standard InChI is InChI=1S/C21H34N4S/c1-3-14-25-15-10-18(11-16-25)24-20(22-4-2)23-17-21(12-13-21)26-19-8-6-5-7-9-19/h5-9,18H,3-4,10-17H2,1-2H3,(H2,22,23,24). The number of guanidine groups is 1. The van der Waals surface area contributed by atoms with Gasteiger partial charge in [0.2, 0.25) is 0 Å². The molecule has 144 valence electrons. The Morgan fingerprint density at radius 3 is 2.54 bits per heavy atom. The fourth-order valence-corrected chi connectivity index (χ4v) is 4.75. The Balaban J connectivity index is 1.51. The lowest BCUT2D eigenvalue weighted by Crippen LogP contribution is -2.49. The largest absolute Gasteiger partial charge is 0.357 e. The lowest BCUT2D eigenvalue weighted by molar-refractivity contribution is 0.206. The van der Waals surface area contributed by atoms with Gasteiger partial charge in [-0.2, -0.15) is 0 Å². The van der Waals surface area contributed by atoms with Crippen LogP contribution in [0.25, 0.3) is 0 Å². The quantitative estimate of drug-likeness (QED) is 0.537. The summed E-state index contributed by atoms with van der Waals surface area (Å²) in [5.74, 6) is 1.00. The van der Waals surface area contributed by atoms with Gasteiger partial charge in [0.1, 0.15) is 0 Å². The molecular weight excluding hydrogens is 340 g/mol. The van der Waals surface area contributed by atoms with E-state index in [1.165, 1.54) is 56.6 Å². The minimum Gasteiger partial charge on any atom is -0.357 e. The van der Waals surface area contributed by atoms with Crippen molar-refractivity contribution in [3.8, 4) is 0 Å². The van der Waals surface area contributed by atoms with Gasteiger partial charge in [0.25, 0.3) is 0 Å². The molecule has 1 aliphatic carbocycles. The van der Waals surface area contributed by atoms with Crippen LogP contribution in [0.5, 0.6) is 0 Å². The van der Waals surface area contributed by atoms with Crippen LogP contribution < -0.4 is 10.6 Å². The third-order valence-corrected chi connectivity index (χ3v) is 6.70. The molecule has 0 spiro atoms. The SMILES string of the molecule is CCCN1CCC(NC(=NCC2(Sc3ccccc3)CC2)NCC)CC1. The number of hydrogen-bond donors (Lipinski definition) is 2. The van der Waals surface area contributed by atoms with Crippen molar-refractivity contribution in [2.75, 3.05) is 32.7 Å².